The van der Waals surface area contributed by atoms with E-state index in [4.69, 9.17) is 4.74 Å². The Morgan fingerprint density at radius 1 is 1.35 bits per heavy atom. The number of aryl methyl sites for hydroxylation is 2. The highest BCUT2D eigenvalue weighted by Gasteiger charge is 2.31. The van der Waals surface area contributed by atoms with E-state index in [9.17, 15) is 9.59 Å². The van der Waals surface area contributed by atoms with Crippen molar-refractivity contribution in [1.29, 1.82) is 0 Å². The number of aromatic nitrogens is 5. The Bertz CT molecular complexity index is 789. The minimum absolute atomic E-state index is 0.135. The zero-order valence-corrected chi connectivity index (χ0v) is 13.4. The Kier molecular flexibility index (Phi) is 4.16. The summed E-state index contributed by atoms with van der Waals surface area (Å²) in [5, 5.41) is 10.9. The molecule has 0 bridgehead atoms. The number of rotatable bonds is 4. The van der Waals surface area contributed by atoms with Crippen molar-refractivity contribution in [2.45, 2.75) is 51.3 Å². The minimum Gasteiger partial charge on any atom is -0.376 e. The van der Waals surface area contributed by atoms with Crippen LogP contribution in [0.2, 0.25) is 0 Å². The van der Waals surface area contributed by atoms with Gasteiger partial charge in [0.1, 0.15) is 0 Å². The molecule has 23 heavy (non-hydrogen) atoms. The van der Waals surface area contributed by atoms with Crippen LogP contribution in [0, 0.1) is 0 Å². The van der Waals surface area contributed by atoms with Crippen molar-refractivity contribution in [2.24, 2.45) is 0 Å². The van der Waals surface area contributed by atoms with Crippen LogP contribution < -0.4 is 11.1 Å². The molecule has 2 aromatic rings. The van der Waals surface area contributed by atoms with Crippen molar-refractivity contribution in [3.05, 3.63) is 44.7 Å². The zero-order valence-electron chi connectivity index (χ0n) is 13.4. The summed E-state index contributed by atoms with van der Waals surface area (Å²) in [5.41, 5.74) is 0.281. The minimum atomic E-state index is -0.298. The van der Waals surface area contributed by atoms with Crippen molar-refractivity contribution >= 4 is 0 Å². The van der Waals surface area contributed by atoms with Crippen molar-refractivity contribution in [2.75, 3.05) is 6.61 Å². The first-order valence-electron chi connectivity index (χ1n) is 7.77. The molecule has 1 saturated heterocycles. The molecule has 0 aliphatic carbocycles. The van der Waals surface area contributed by atoms with Crippen LogP contribution in [-0.2, 0) is 17.8 Å². The van der Waals surface area contributed by atoms with Crippen LogP contribution in [0.1, 0.15) is 38.3 Å². The molecular formula is C15H21N5O3. The van der Waals surface area contributed by atoms with Crippen LogP contribution >= 0.6 is 0 Å². The standard InChI is InChI=1S/C15H21N5O3/c1-15(2)9-11(5-8-23-15)12-10-19(18-16-12)6-7-20-14(22)4-3-13(21)17-20/h3-4,10-11H,5-9H2,1-2H3,(H,17,21)/t11-/m1/s1. The summed E-state index contributed by atoms with van der Waals surface area (Å²) in [5.74, 6) is 0.340. The summed E-state index contributed by atoms with van der Waals surface area (Å²) in [6.45, 7) is 5.71. The SMILES string of the molecule is CC1(C)C[C@H](c2cn(CCn3[nH]c(=O)ccc3=O)nn2)CCO1. The molecule has 0 unspecified atom stereocenters. The van der Waals surface area contributed by atoms with Gasteiger partial charge in [-0.1, -0.05) is 5.21 Å². The highest BCUT2D eigenvalue weighted by Crippen LogP contribution is 2.34. The molecule has 1 N–H and O–H groups in total. The van der Waals surface area contributed by atoms with E-state index in [2.05, 4.69) is 29.3 Å². The topological polar surface area (TPSA) is 94.8 Å². The van der Waals surface area contributed by atoms with Gasteiger partial charge in [0.2, 0.25) is 0 Å². The highest BCUT2D eigenvalue weighted by molar-refractivity contribution is 5.05. The van der Waals surface area contributed by atoms with E-state index in [0.717, 1.165) is 25.1 Å². The van der Waals surface area contributed by atoms with E-state index in [1.54, 1.807) is 4.68 Å². The van der Waals surface area contributed by atoms with E-state index in [1.165, 1.54) is 16.8 Å². The fourth-order valence-corrected chi connectivity index (χ4v) is 2.92. The molecule has 1 atom stereocenters. The van der Waals surface area contributed by atoms with Crippen LogP contribution in [0.4, 0.5) is 0 Å². The quantitative estimate of drug-likeness (QED) is 0.885. The molecule has 0 aromatic carbocycles. The first-order valence-corrected chi connectivity index (χ1v) is 7.77. The molecule has 0 amide bonds. The molecule has 3 heterocycles. The molecule has 2 aromatic heterocycles. The Morgan fingerprint density at radius 2 is 2.17 bits per heavy atom. The smallest absolute Gasteiger partial charge is 0.265 e. The van der Waals surface area contributed by atoms with Gasteiger partial charge in [0.25, 0.3) is 11.1 Å². The molecule has 0 radical (unpaired) electrons. The fourth-order valence-electron chi connectivity index (χ4n) is 2.92. The number of hydrogen-bond acceptors (Lipinski definition) is 5. The summed E-state index contributed by atoms with van der Waals surface area (Å²) in [4.78, 5) is 22.9. The van der Waals surface area contributed by atoms with Gasteiger partial charge >= 0.3 is 0 Å². The summed E-state index contributed by atoms with van der Waals surface area (Å²) < 4.78 is 8.71. The molecule has 3 rings (SSSR count). The Morgan fingerprint density at radius 3 is 2.96 bits per heavy atom. The second kappa shape index (κ2) is 6.11. The van der Waals surface area contributed by atoms with Crippen LogP contribution in [0.15, 0.2) is 27.9 Å². The van der Waals surface area contributed by atoms with E-state index < -0.39 is 0 Å². The number of aromatic amines is 1. The van der Waals surface area contributed by atoms with E-state index >= 15 is 0 Å². The normalized spacial score (nSPS) is 20.5. The van der Waals surface area contributed by atoms with E-state index in [-0.39, 0.29) is 16.7 Å². The van der Waals surface area contributed by atoms with Gasteiger partial charge in [-0.2, -0.15) is 0 Å². The van der Waals surface area contributed by atoms with Crippen molar-refractivity contribution < 1.29 is 4.74 Å². The van der Waals surface area contributed by atoms with Gasteiger partial charge in [0.05, 0.1) is 24.4 Å². The first kappa shape index (κ1) is 15.7. The summed E-state index contributed by atoms with van der Waals surface area (Å²) >= 11 is 0. The van der Waals surface area contributed by atoms with Crippen LogP contribution in [0.3, 0.4) is 0 Å². The molecule has 1 aliphatic heterocycles. The predicted molar refractivity (Wildman–Crippen MR) is 83.4 cm³/mol. The van der Waals surface area contributed by atoms with Crippen LogP contribution in [-0.4, -0.2) is 37.0 Å². The van der Waals surface area contributed by atoms with Crippen molar-refractivity contribution in [3.8, 4) is 0 Å². The third-order valence-electron chi connectivity index (χ3n) is 4.11. The summed E-state index contributed by atoms with van der Waals surface area (Å²) in [6, 6.07) is 2.48. The average Bonchev–Trinajstić information content (AvgIpc) is 2.96. The Hall–Kier alpha value is -2.22. The number of nitrogens with one attached hydrogen (secondary N) is 1. The Balaban J connectivity index is 1.67. The monoisotopic (exact) mass is 319 g/mol. The van der Waals surface area contributed by atoms with Crippen LogP contribution in [0.5, 0.6) is 0 Å². The average molecular weight is 319 g/mol. The third-order valence-corrected chi connectivity index (χ3v) is 4.11. The second-order valence-electron chi connectivity index (χ2n) is 6.50. The predicted octanol–water partition coefficient (Wildman–Crippen LogP) is 0.501. The molecule has 0 saturated carbocycles. The summed E-state index contributed by atoms with van der Waals surface area (Å²) in [6.07, 6.45) is 3.77. The molecule has 124 valence electrons. The van der Waals surface area contributed by atoms with E-state index in [0.29, 0.717) is 19.0 Å². The number of ether oxygens (including phenoxy) is 1. The molecule has 8 nitrogen and oxygen atoms in total. The largest absolute Gasteiger partial charge is 0.376 e. The van der Waals surface area contributed by atoms with E-state index in [1.807, 2.05) is 6.20 Å². The summed E-state index contributed by atoms with van der Waals surface area (Å²) in [7, 11) is 0. The second-order valence-corrected chi connectivity index (χ2v) is 6.50. The van der Waals surface area contributed by atoms with Gasteiger partial charge in [-0.3, -0.25) is 19.4 Å². The zero-order chi connectivity index (χ0) is 16.4. The highest BCUT2D eigenvalue weighted by atomic mass is 16.5. The lowest BCUT2D eigenvalue weighted by atomic mass is 9.86. The molecular weight excluding hydrogens is 298 g/mol. The molecule has 8 heteroatoms. The third kappa shape index (κ3) is 3.76. The first-order chi connectivity index (χ1) is 10.9. The Labute approximate surface area is 133 Å². The van der Waals surface area contributed by atoms with Crippen molar-refractivity contribution in [1.82, 2.24) is 24.8 Å². The lowest BCUT2D eigenvalue weighted by molar-refractivity contribution is -0.0597. The molecule has 1 fully saturated rings. The number of hydrogen-bond donors (Lipinski definition) is 1. The van der Waals surface area contributed by atoms with Crippen molar-refractivity contribution in [3.63, 3.8) is 0 Å². The molecule has 0 spiro atoms. The van der Waals surface area contributed by atoms with Gasteiger partial charge in [0, 0.05) is 30.9 Å². The van der Waals surface area contributed by atoms with Gasteiger partial charge in [0.15, 0.2) is 0 Å². The lowest BCUT2D eigenvalue weighted by Crippen LogP contribution is -2.33. The van der Waals surface area contributed by atoms with Gasteiger partial charge in [-0.15, -0.1) is 5.10 Å². The van der Waals surface area contributed by atoms with Gasteiger partial charge in [-0.05, 0) is 26.7 Å². The maximum absolute atomic E-state index is 11.7. The maximum atomic E-state index is 11.7. The molecule has 1 aliphatic rings. The number of nitrogens with zero attached hydrogens (tertiary/aromatic N) is 4. The van der Waals surface area contributed by atoms with Gasteiger partial charge < -0.3 is 4.74 Å². The number of H-pyrrole nitrogens is 1. The maximum Gasteiger partial charge on any atom is 0.265 e. The van der Waals surface area contributed by atoms with Crippen LogP contribution in [0.25, 0.3) is 0 Å². The lowest BCUT2D eigenvalue weighted by Gasteiger charge is -2.34. The van der Waals surface area contributed by atoms with Gasteiger partial charge in [-0.25, -0.2) is 4.68 Å². The fraction of sp³-hybridized carbons (Fsp3) is 0.600.